The van der Waals surface area contributed by atoms with E-state index in [9.17, 15) is 29.9 Å². The smallest absolute Gasteiger partial charge is 0.321 e. The predicted molar refractivity (Wildman–Crippen MR) is 135 cm³/mol. The van der Waals surface area contributed by atoms with Gasteiger partial charge in [-0.25, -0.2) is 19.6 Å². The molecule has 4 rings (SSSR count). The van der Waals surface area contributed by atoms with Crippen LogP contribution in [0.15, 0.2) is 30.3 Å². The van der Waals surface area contributed by atoms with E-state index in [0.717, 1.165) is 11.3 Å². The monoisotopic (exact) mass is 519 g/mol. The lowest BCUT2D eigenvalue weighted by molar-refractivity contribution is -0.385. The summed E-state index contributed by atoms with van der Waals surface area (Å²) in [5, 5.41) is 41.0. The number of amides is 4. The van der Waals surface area contributed by atoms with Gasteiger partial charge in [-0.15, -0.1) is 0 Å². The van der Waals surface area contributed by atoms with Crippen LogP contribution in [-0.4, -0.2) is 50.3 Å². The molecule has 35 heavy (non-hydrogen) atoms. The number of carbonyl (C=O) groups excluding carboxylic acids is 2. The van der Waals surface area contributed by atoms with Gasteiger partial charge in [0.1, 0.15) is 10.4 Å². The standard InChI is InChI=1S/C10H10N4O4S.C10H11N3O2S/c1-2-11-9(16)13-10-12-5-3-4-6(14(17)18)7(15)8(5)19-10;1-2-11-9(15)13-10-12-6-4-3-5-7(14)8(6)16-10/h3-4,15H,2H2,1H3,(H2,11,12,13,16);3-5,14H,2H2,1H3,(H2,11,12,13,15). The quantitative estimate of drug-likeness (QED) is 0.167. The number of thiazole rings is 2. The van der Waals surface area contributed by atoms with Crippen LogP contribution in [0.4, 0.5) is 25.5 Å². The van der Waals surface area contributed by atoms with Crippen molar-refractivity contribution in [1.29, 1.82) is 0 Å². The Hall–Kier alpha value is -4.24. The minimum absolute atomic E-state index is 0.180. The summed E-state index contributed by atoms with van der Waals surface area (Å²) in [7, 11) is 0. The zero-order valence-electron chi connectivity index (χ0n) is 18.5. The number of nitro benzene ring substituents is 1. The van der Waals surface area contributed by atoms with E-state index in [1.165, 1.54) is 23.5 Å². The first-order valence-corrected chi connectivity index (χ1v) is 11.8. The van der Waals surface area contributed by atoms with Crippen molar-refractivity contribution in [3.63, 3.8) is 0 Å². The van der Waals surface area contributed by atoms with E-state index in [1.807, 2.05) is 6.92 Å². The maximum atomic E-state index is 11.3. The Kier molecular flexibility index (Phi) is 8.17. The van der Waals surface area contributed by atoms with Gasteiger partial charge in [-0.3, -0.25) is 20.7 Å². The number of hydrogen-bond donors (Lipinski definition) is 6. The van der Waals surface area contributed by atoms with Crippen molar-refractivity contribution in [2.75, 3.05) is 23.7 Å². The Balaban J connectivity index is 0.000000198. The summed E-state index contributed by atoms with van der Waals surface area (Å²) < 4.78 is 0.940. The zero-order chi connectivity index (χ0) is 25.5. The first-order chi connectivity index (χ1) is 16.7. The third-order valence-corrected chi connectivity index (χ3v) is 6.22. The summed E-state index contributed by atoms with van der Waals surface area (Å²) in [5.41, 5.74) is 0.678. The average molecular weight is 520 g/mol. The number of fused-ring (bicyclic) bond motifs is 2. The van der Waals surface area contributed by atoms with Crippen molar-refractivity contribution in [2.45, 2.75) is 13.8 Å². The van der Waals surface area contributed by atoms with Crippen LogP contribution in [0.5, 0.6) is 11.5 Å². The van der Waals surface area contributed by atoms with Gasteiger partial charge < -0.3 is 20.8 Å². The van der Waals surface area contributed by atoms with Crippen LogP contribution in [0.3, 0.4) is 0 Å². The number of aromatic hydroxyl groups is 2. The summed E-state index contributed by atoms with van der Waals surface area (Å²) in [4.78, 5) is 40.8. The van der Waals surface area contributed by atoms with Crippen LogP contribution in [0.25, 0.3) is 20.4 Å². The van der Waals surface area contributed by atoms with Crippen LogP contribution in [0.2, 0.25) is 0 Å². The summed E-state index contributed by atoms with van der Waals surface area (Å²) in [5.74, 6) is -0.261. The van der Waals surface area contributed by atoms with Crippen LogP contribution < -0.4 is 21.3 Å². The van der Waals surface area contributed by atoms with E-state index in [2.05, 4.69) is 31.2 Å². The second kappa shape index (κ2) is 11.3. The molecule has 0 bridgehead atoms. The Bertz CT molecular complexity index is 1390. The summed E-state index contributed by atoms with van der Waals surface area (Å²) in [6.07, 6.45) is 0. The molecule has 0 unspecified atom stereocenters. The molecule has 6 N–H and O–H groups in total. The van der Waals surface area contributed by atoms with Gasteiger partial charge in [0.15, 0.2) is 10.3 Å². The first-order valence-electron chi connectivity index (χ1n) is 10.2. The highest BCUT2D eigenvalue weighted by molar-refractivity contribution is 7.23. The number of anilines is 2. The van der Waals surface area contributed by atoms with Crippen LogP contribution >= 0.6 is 22.7 Å². The van der Waals surface area contributed by atoms with Gasteiger partial charge in [0.25, 0.3) is 0 Å². The van der Waals surface area contributed by atoms with Gasteiger partial charge >= 0.3 is 17.7 Å². The fraction of sp³-hybridized carbons (Fsp3) is 0.200. The lowest BCUT2D eigenvalue weighted by atomic mass is 10.3. The van der Waals surface area contributed by atoms with Crippen molar-refractivity contribution in [3.05, 3.63) is 40.4 Å². The number of nitrogens with zero attached hydrogens (tertiary/aromatic N) is 3. The Morgan fingerprint density at radius 1 is 0.914 bits per heavy atom. The number of hydrogen-bond acceptors (Lipinski definition) is 10. The summed E-state index contributed by atoms with van der Waals surface area (Å²) in [6, 6.07) is 6.98. The molecule has 13 nitrogen and oxygen atoms in total. The molecule has 0 aliphatic heterocycles. The SMILES string of the molecule is CCNC(=O)Nc1nc2ccc([N+](=O)[O-])c(O)c2s1.CCNC(=O)Nc1nc2cccc(O)c2s1. The Labute approximate surface area is 206 Å². The maximum Gasteiger partial charge on any atom is 0.321 e. The third kappa shape index (κ3) is 6.21. The van der Waals surface area contributed by atoms with Gasteiger partial charge in [-0.05, 0) is 32.0 Å². The highest BCUT2D eigenvalue weighted by Gasteiger charge is 2.19. The van der Waals surface area contributed by atoms with Crippen molar-refractivity contribution in [2.24, 2.45) is 0 Å². The molecule has 2 aromatic carbocycles. The minimum atomic E-state index is -0.675. The molecule has 0 fully saturated rings. The zero-order valence-corrected chi connectivity index (χ0v) is 20.1. The molecule has 4 aromatic rings. The van der Waals surface area contributed by atoms with Crippen molar-refractivity contribution in [3.8, 4) is 11.5 Å². The molecule has 0 aliphatic carbocycles. The van der Waals surface area contributed by atoms with Crippen LogP contribution in [0.1, 0.15) is 13.8 Å². The molecule has 0 aliphatic rings. The minimum Gasteiger partial charge on any atom is -0.506 e. The highest BCUT2D eigenvalue weighted by atomic mass is 32.1. The maximum absolute atomic E-state index is 11.3. The topological polar surface area (TPSA) is 192 Å². The molecule has 0 atom stereocenters. The summed E-state index contributed by atoms with van der Waals surface area (Å²) in [6.45, 7) is 4.63. The number of phenolic OH excluding ortho intramolecular Hbond substituents is 2. The fourth-order valence-corrected chi connectivity index (χ4v) is 4.53. The number of phenols is 2. The normalized spacial score (nSPS) is 10.3. The highest BCUT2D eigenvalue weighted by Crippen LogP contribution is 2.39. The first kappa shape index (κ1) is 25.4. The number of benzene rings is 2. The molecular weight excluding hydrogens is 498 g/mol. The van der Waals surface area contributed by atoms with Gasteiger partial charge in [0.2, 0.25) is 5.75 Å². The van der Waals surface area contributed by atoms with Crippen molar-refractivity contribution in [1.82, 2.24) is 20.6 Å². The molecule has 2 heterocycles. The Morgan fingerprint density at radius 3 is 1.97 bits per heavy atom. The molecule has 4 amide bonds. The third-order valence-electron chi connectivity index (χ3n) is 4.22. The van der Waals surface area contributed by atoms with Crippen LogP contribution in [0, 0.1) is 10.1 Å². The molecule has 0 radical (unpaired) electrons. The number of nitrogens with one attached hydrogen (secondary N) is 4. The molecule has 184 valence electrons. The number of nitro groups is 1. The lowest BCUT2D eigenvalue weighted by Gasteiger charge is -2.00. The van der Waals surface area contributed by atoms with Gasteiger partial charge in [-0.2, -0.15) is 0 Å². The molecule has 0 saturated heterocycles. The number of carbonyl (C=O) groups is 2. The average Bonchev–Trinajstić information content (AvgIpc) is 3.39. The second-order valence-corrected chi connectivity index (χ2v) is 8.67. The van der Waals surface area contributed by atoms with E-state index < -0.39 is 16.7 Å². The Morgan fingerprint density at radius 2 is 1.46 bits per heavy atom. The second-order valence-electron chi connectivity index (χ2n) is 6.67. The van der Waals surface area contributed by atoms with E-state index in [-0.39, 0.29) is 27.3 Å². The lowest BCUT2D eigenvalue weighted by Crippen LogP contribution is -2.28. The van der Waals surface area contributed by atoms with Crippen molar-refractivity contribution >= 4 is 71.1 Å². The summed E-state index contributed by atoms with van der Waals surface area (Å²) >= 11 is 2.22. The van der Waals surface area contributed by atoms with Gasteiger partial charge in [0, 0.05) is 19.2 Å². The van der Waals surface area contributed by atoms with E-state index in [1.54, 1.807) is 25.1 Å². The largest absolute Gasteiger partial charge is 0.506 e. The van der Waals surface area contributed by atoms with E-state index in [4.69, 9.17) is 0 Å². The molecule has 0 spiro atoms. The number of urea groups is 2. The molecule has 15 heteroatoms. The van der Waals surface area contributed by atoms with Crippen LogP contribution in [-0.2, 0) is 0 Å². The fourth-order valence-electron chi connectivity index (χ4n) is 2.76. The number of rotatable bonds is 5. The van der Waals surface area contributed by atoms with E-state index >= 15 is 0 Å². The molecule has 2 aromatic heterocycles. The van der Waals surface area contributed by atoms with E-state index in [0.29, 0.717) is 34.0 Å². The van der Waals surface area contributed by atoms with Crippen molar-refractivity contribution < 1.29 is 24.7 Å². The van der Waals surface area contributed by atoms with Gasteiger partial charge in [0.05, 0.1) is 20.7 Å². The van der Waals surface area contributed by atoms with Gasteiger partial charge in [-0.1, -0.05) is 28.7 Å². The predicted octanol–water partition coefficient (Wildman–Crippen LogP) is 4.19. The molecule has 0 saturated carbocycles. The number of aromatic nitrogens is 2. The molecular formula is C20H21N7O6S2.